The molecule has 0 amide bonds. The highest BCUT2D eigenvalue weighted by molar-refractivity contribution is 5.03. The van der Waals surface area contributed by atoms with Crippen molar-refractivity contribution in [2.45, 2.75) is 13.0 Å². The minimum absolute atomic E-state index is 0.883. The van der Waals surface area contributed by atoms with Gasteiger partial charge in [-0.25, -0.2) is 0 Å². The normalized spacial score (nSPS) is 10.6. The Morgan fingerprint density at radius 2 is 2.29 bits per heavy atom. The van der Waals surface area contributed by atoms with Crippen LogP contribution in [0.5, 0.6) is 0 Å². The molecule has 2 aromatic heterocycles. The molecule has 0 saturated carbocycles. The number of aromatic nitrogens is 1. The number of hydrogen-bond donors (Lipinski definition) is 2. The Bertz CT molecular complexity index is 301. The van der Waals surface area contributed by atoms with Gasteiger partial charge in [0.05, 0.1) is 6.26 Å². The van der Waals surface area contributed by atoms with Crippen molar-refractivity contribution in [1.29, 1.82) is 0 Å². The minimum atomic E-state index is 0.883. The van der Waals surface area contributed by atoms with Crippen molar-refractivity contribution < 1.29 is 4.42 Å². The van der Waals surface area contributed by atoms with Crippen molar-refractivity contribution >= 4 is 0 Å². The molecule has 2 heterocycles. The first-order valence-corrected chi connectivity index (χ1v) is 4.80. The molecule has 0 fully saturated rings. The van der Waals surface area contributed by atoms with Crippen LogP contribution >= 0.6 is 0 Å². The van der Waals surface area contributed by atoms with E-state index in [1.165, 1.54) is 5.69 Å². The third-order valence-corrected chi connectivity index (χ3v) is 2.11. The first-order chi connectivity index (χ1) is 6.95. The molecule has 3 heteroatoms. The summed E-state index contributed by atoms with van der Waals surface area (Å²) in [5.74, 6) is 1.03. The summed E-state index contributed by atoms with van der Waals surface area (Å²) in [5, 5.41) is 3.33. The van der Waals surface area contributed by atoms with Crippen LogP contribution in [0, 0.1) is 0 Å². The van der Waals surface area contributed by atoms with Crippen LogP contribution in [-0.2, 0) is 13.0 Å². The fourth-order valence-electron chi connectivity index (χ4n) is 1.37. The first kappa shape index (κ1) is 9.09. The van der Waals surface area contributed by atoms with Crippen molar-refractivity contribution in [1.82, 2.24) is 10.3 Å². The van der Waals surface area contributed by atoms with E-state index in [9.17, 15) is 0 Å². The molecule has 0 saturated heterocycles. The summed E-state index contributed by atoms with van der Waals surface area (Å²) >= 11 is 0. The molecule has 0 bridgehead atoms. The van der Waals surface area contributed by atoms with Gasteiger partial charge >= 0.3 is 0 Å². The van der Waals surface area contributed by atoms with E-state index in [0.717, 1.165) is 25.3 Å². The second-order valence-corrected chi connectivity index (χ2v) is 3.20. The second kappa shape index (κ2) is 4.67. The summed E-state index contributed by atoms with van der Waals surface area (Å²) < 4.78 is 5.22. The molecule has 0 aliphatic rings. The number of furan rings is 1. The quantitative estimate of drug-likeness (QED) is 0.707. The number of aromatic amines is 1. The molecule has 0 unspecified atom stereocenters. The van der Waals surface area contributed by atoms with Gasteiger partial charge in [0, 0.05) is 31.4 Å². The fourth-order valence-corrected chi connectivity index (χ4v) is 1.37. The van der Waals surface area contributed by atoms with Gasteiger partial charge in [-0.1, -0.05) is 0 Å². The largest absolute Gasteiger partial charge is 0.469 e. The number of hydrogen-bond acceptors (Lipinski definition) is 2. The number of rotatable bonds is 5. The molecular weight excluding hydrogens is 176 g/mol. The Kier molecular flexibility index (Phi) is 3.03. The Balaban J connectivity index is 1.65. The predicted octanol–water partition coefficient (Wildman–Crippen LogP) is 1.94. The number of H-pyrrole nitrogens is 1. The van der Waals surface area contributed by atoms with E-state index in [-0.39, 0.29) is 0 Å². The summed E-state index contributed by atoms with van der Waals surface area (Å²) in [6, 6.07) is 7.99. The van der Waals surface area contributed by atoms with E-state index in [0.29, 0.717) is 0 Å². The lowest BCUT2D eigenvalue weighted by Crippen LogP contribution is -2.16. The van der Waals surface area contributed by atoms with Gasteiger partial charge in [-0.15, -0.1) is 0 Å². The van der Waals surface area contributed by atoms with Crippen LogP contribution in [0.1, 0.15) is 11.5 Å². The predicted molar refractivity (Wildman–Crippen MR) is 54.9 cm³/mol. The van der Waals surface area contributed by atoms with E-state index >= 15 is 0 Å². The lowest BCUT2D eigenvalue weighted by atomic mass is 10.3. The maximum absolute atomic E-state index is 5.22. The summed E-state index contributed by atoms with van der Waals surface area (Å²) in [7, 11) is 0. The van der Waals surface area contributed by atoms with E-state index < -0.39 is 0 Å². The Labute approximate surface area is 83.1 Å². The monoisotopic (exact) mass is 190 g/mol. The molecule has 0 atom stereocenters. The van der Waals surface area contributed by atoms with E-state index in [1.54, 1.807) is 6.26 Å². The molecule has 0 radical (unpaired) electrons. The highest BCUT2D eigenvalue weighted by atomic mass is 16.3. The van der Waals surface area contributed by atoms with E-state index in [2.05, 4.69) is 16.4 Å². The van der Waals surface area contributed by atoms with Gasteiger partial charge in [0.15, 0.2) is 0 Å². The lowest BCUT2D eigenvalue weighted by molar-refractivity contribution is 0.498. The average Bonchev–Trinajstić information content (AvgIpc) is 2.86. The zero-order valence-electron chi connectivity index (χ0n) is 7.99. The van der Waals surface area contributed by atoms with Crippen LogP contribution in [0.2, 0.25) is 0 Å². The first-order valence-electron chi connectivity index (χ1n) is 4.80. The van der Waals surface area contributed by atoms with Gasteiger partial charge in [-0.2, -0.15) is 0 Å². The molecule has 0 aromatic carbocycles. The zero-order valence-corrected chi connectivity index (χ0v) is 7.99. The van der Waals surface area contributed by atoms with Crippen LogP contribution in [-0.4, -0.2) is 11.5 Å². The maximum Gasteiger partial charge on any atom is 0.105 e. The molecule has 0 aliphatic carbocycles. The van der Waals surface area contributed by atoms with Gasteiger partial charge < -0.3 is 14.7 Å². The lowest BCUT2D eigenvalue weighted by Gasteiger charge is -2.00. The van der Waals surface area contributed by atoms with Gasteiger partial charge in [0.1, 0.15) is 5.76 Å². The third-order valence-electron chi connectivity index (χ3n) is 2.11. The minimum Gasteiger partial charge on any atom is -0.469 e. The van der Waals surface area contributed by atoms with Gasteiger partial charge in [0.2, 0.25) is 0 Å². The standard InChI is InChI=1S/C11H14N2O/c1-3-10(13-6-1)9-12-7-5-11-4-2-8-14-11/h1-4,6,8,12-13H,5,7,9H2. The Morgan fingerprint density at radius 1 is 1.29 bits per heavy atom. The van der Waals surface area contributed by atoms with Crippen LogP contribution in [0.3, 0.4) is 0 Å². The van der Waals surface area contributed by atoms with Crippen LogP contribution in [0.15, 0.2) is 41.1 Å². The highest BCUT2D eigenvalue weighted by Gasteiger charge is 1.95. The van der Waals surface area contributed by atoms with E-state index in [1.807, 2.05) is 24.4 Å². The molecule has 2 rings (SSSR count). The molecule has 74 valence electrons. The SMILES string of the molecule is c1c[nH]c(CNCCc2ccco2)c1. The third kappa shape index (κ3) is 2.50. The maximum atomic E-state index is 5.22. The summed E-state index contributed by atoms with van der Waals surface area (Å²) in [5.41, 5.74) is 1.21. The smallest absolute Gasteiger partial charge is 0.105 e. The van der Waals surface area contributed by atoms with Gasteiger partial charge in [-0.05, 0) is 24.3 Å². The van der Waals surface area contributed by atoms with Crippen molar-refractivity contribution in [2.24, 2.45) is 0 Å². The summed E-state index contributed by atoms with van der Waals surface area (Å²) in [6.45, 7) is 1.82. The van der Waals surface area contributed by atoms with Crippen LogP contribution < -0.4 is 5.32 Å². The number of nitrogens with one attached hydrogen (secondary N) is 2. The van der Waals surface area contributed by atoms with Crippen LogP contribution in [0.25, 0.3) is 0 Å². The molecule has 2 N–H and O–H groups in total. The highest BCUT2D eigenvalue weighted by Crippen LogP contribution is 2.00. The summed E-state index contributed by atoms with van der Waals surface area (Å²) in [4.78, 5) is 3.14. The Hall–Kier alpha value is -1.48. The average molecular weight is 190 g/mol. The fraction of sp³-hybridized carbons (Fsp3) is 0.273. The molecule has 2 aromatic rings. The van der Waals surface area contributed by atoms with Gasteiger partial charge in [0.25, 0.3) is 0 Å². The van der Waals surface area contributed by atoms with Crippen molar-refractivity contribution in [3.8, 4) is 0 Å². The molecule has 3 nitrogen and oxygen atoms in total. The second-order valence-electron chi connectivity index (χ2n) is 3.20. The van der Waals surface area contributed by atoms with Gasteiger partial charge in [-0.3, -0.25) is 0 Å². The van der Waals surface area contributed by atoms with Crippen LogP contribution in [0.4, 0.5) is 0 Å². The van der Waals surface area contributed by atoms with Crippen molar-refractivity contribution in [3.05, 3.63) is 48.2 Å². The topological polar surface area (TPSA) is 41.0 Å². The van der Waals surface area contributed by atoms with E-state index in [4.69, 9.17) is 4.42 Å². The molecule has 0 aliphatic heterocycles. The van der Waals surface area contributed by atoms with Crippen molar-refractivity contribution in [3.63, 3.8) is 0 Å². The summed E-state index contributed by atoms with van der Waals surface area (Å²) in [6.07, 6.45) is 4.58. The molecule has 0 spiro atoms. The zero-order chi connectivity index (χ0) is 9.64. The Morgan fingerprint density at radius 3 is 3.00 bits per heavy atom. The molecule has 14 heavy (non-hydrogen) atoms. The molecular formula is C11H14N2O. The van der Waals surface area contributed by atoms with Crippen molar-refractivity contribution in [2.75, 3.05) is 6.54 Å².